The van der Waals surface area contributed by atoms with Crippen LogP contribution < -0.4 is 0 Å². The van der Waals surface area contributed by atoms with Crippen LogP contribution in [0.25, 0.3) is 0 Å². The predicted octanol–water partition coefficient (Wildman–Crippen LogP) is 1.37. The number of carbonyl (C=O) groups is 1. The molecule has 0 aromatic carbocycles. The minimum Gasteiger partial charge on any atom is -0.298 e. The summed E-state index contributed by atoms with van der Waals surface area (Å²) < 4.78 is 0. The van der Waals surface area contributed by atoms with Crippen molar-refractivity contribution >= 4 is 17.9 Å². The molecule has 0 rings (SSSR count). The van der Waals surface area contributed by atoms with Crippen LogP contribution in [0.3, 0.4) is 0 Å². The van der Waals surface area contributed by atoms with Gasteiger partial charge in [-0.05, 0) is 12.0 Å². The van der Waals surface area contributed by atoms with Crippen LogP contribution in [-0.4, -0.2) is 12.2 Å². The maximum Gasteiger partial charge on any atom is 0.145 e. The van der Waals surface area contributed by atoms with E-state index in [0.717, 1.165) is 6.29 Å². The highest BCUT2D eigenvalue weighted by Crippen LogP contribution is 1.93. The minimum atomic E-state index is 0.484. The Bertz CT molecular complexity index is 78.1. The number of halogens is 1. The molecule has 0 radical (unpaired) electrons. The van der Waals surface area contributed by atoms with Crippen molar-refractivity contribution in [2.24, 2.45) is 0 Å². The first kappa shape index (κ1) is 6.70. The van der Waals surface area contributed by atoms with Gasteiger partial charge in [-0.1, -0.05) is 6.58 Å². The summed E-state index contributed by atoms with van der Waals surface area (Å²) in [5.74, 6) is 0.484. The first-order valence-corrected chi connectivity index (χ1v) is 2.53. The number of hydrogen-bond donors (Lipinski definition) is 0. The molecule has 0 amide bonds. The second kappa shape index (κ2) is 3.88. The van der Waals surface area contributed by atoms with Crippen LogP contribution in [0.1, 0.15) is 6.42 Å². The standard InChI is InChI=1S/C5H7ClO/c1-5(4-7)2-3-6/h4H,1-3H2. The first-order valence-electron chi connectivity index (χ1n) is 2.00. The molecule has 0 saturated carbocycles. The van der Waals surface area contributed by atoms with Crippen LogP contribution in [0.2, 0.25) is 0 Å². The van der Waals surface area contributed by atoms with Gasteiger partial charge in [-0.3, -0.25) is 4.79 Å². The van der Waals surface area contributed by atoms with Crippen molar-refractivity contribution in [2.75, 3.05) is 5.88 Å². The van der Waals surface area contributed by atoms with Crippen LogP contribution in [0.15, 0.2) is 12.2 Å². The van der Waals surface area contributed by atoms with Crippen LogP contribution in [0, 0.1) is 0 Å². The monoisotopic (exact) mass is 118 g/mol. The van der Waals surface area contributed by atoms with E-state index in [4.69, 9.17) is 11.6 Å². The fraction of sp³-hybridized carbons (Fsp3) is 0.400. The Labute approximate surface area is 48.0 Å². The van der Waals surface area contributed by atoms with Crippen LogP contribution in [0.5, 0.6) is 0 Å². The lowest BCUT2D eigenvalue weighted by Gasteiger charge is -1.84. The van der Waals surface area contributed by atoms with Gasteiger partial charge in [0.25, 0.3) is 0 Å². The van der Waals surface area contributed by atoms with E-state index in [2.05, 4.69) is 6.58 Å². The molecule has 0 bridgehead atoms. The van der Waals surface area contributed by atoms with Gasteiger partial charge in [0.05, 0.1) is 0 Å². The molecule has 0 saturated heterocycles. The molecule has 1 nitrogen and oxygen atoms in total. The zero-order valence-electron chi connectivity index (χ0n) is 3.98. The Kier molecular flexibility index (Phi) is 3.71. The molecule has 0 unspecified atom stereocenters. The predicted molar refractivity (Wildman–Crippen MR) is 30.5 cm³/mol. The molecule has 0 aliphatic heterocycles. The summed E-state index contributed by atoms with van der Waals surface area (Å²) in [4.78, 5) is 9.74. The Morgan fingerprint density at radius 2 is 2.43 bits per heavy atom. The summed E-state index contributed by atoms with van der Waals surface area (Å²) >= 11 is 5.26. The molecular weight excluding hydrogens is 112 g/mol. The smallest absolute Gasteiger partial charge is 0.145 e. The van der Waals surface area contributed by atoms with E-state index in [1.54, 1.807) is 0 Å². The van der Waals surface area contributed by atoms with Crippen molar-refractivity contribution in [1.29, 1.82) is 0 Å². The van der Waals surface area contributed by atoms with E-state index in [1.165, 1.54) is 0 Å². The topological polar surface area (TPSA) is 17.1 Å². The third-order valence-electron chi connectivity index (χ3n) is 0.582. The van der Waals surface area contributed by atoms with Crippen molar-refractivity contribution in [3.63, 3.8) is 0 Å². The van der Waals surface area contributed by atoms with Crippen LogP contribution >= 0.6 is 11.6 Å². The molecule has 0 fully saturated rings. The van der Waals surface area contributed by atoms with Gasteiger partial charge < -0.3 is 0 Å². The highest BCUT2D eigenvalue weighted by Gasteiger charge is 1.85. The molecule has 0 atom stereocenters. The molecular formula is C5H7ClO. The molecule has 0 N–H and O–H groups in total. The lowest BCUT2D eigenvalue weighted by atomic mass is 10.3. The Morgan fingerprint density at radius 3 is 2.57 bits per heavy atom. The maximum absolute atomic E-state index is 9.74. The van der Waals surface area contributed by atoms with E-state index in [1.807, 2.05) is 0 Å². The summed E-state index contributed by atoms with van der Waals surface area (Å²) in [6.07, 6.45) is 1.33. The number of rotatable bonds is 3. The molecule has 0 heterocycles. The highest BCUT2D eigenvalue weighted by molar-refractivity contribution is 6.18. The third kappa shape index (κ3) is 3.53. The SMILES string of the molecule is C=C(C=O)CCCl. The van der Waals surface area contributed by atoms with Crippen LogP contribution in [0.4, 0.5) is 0 Å². The van der Waals surface area contributed by atoms with E-state index in [-0.39, 0.29) is 0 Å². The molecule has 0 aromatic rings. The van der Waals surface area contributed by atoms with Gasteiger partial charge in [-0.2, -0.15) is 0 Å². The number of alkyl halides is 1. The van der Waals surface area contributed by atoms with Gasteiger partial charge in [-0.25, -0.2) is 0 Å². The van der Waals surface area contributed by atoms with E-state index in [9.17, 15) is 4.79 Å². The summed E-state index contributed by atoms with van der Waals surface area (Å²) in [6, 6.07) is 0. The Hall–Kier alpha value is -0.300. The summed E-state index contributed by atoms with van der Waals surface area (Å²) in [7, 11) is 0. The zero-order valence-corrected chi connectivity index (χ0v) is 4.74. The minimum absolute atomic E-state index is 0.484. The van der Waals surface area contributed by atoms with Crippen molar-refractivity contribution in [3.05, 3.63) is 12.2 Å². The maximum atomic E-state index is 9.74. The Balaban J connectivity index is 3.17. The molecule has 0 aliphatic rings. The molecule has 0 aromatic heterocycles. The fourth-order valence-corrected chi connectivity index (χ4v) is 0.423. The van der Waals surface area contributed by atoms with Gasteiger partial charge >= 0.3 is 0 Å². The van der Waals surface area contributed by atoms with Crippen LogP contribution in [-0.2, 0) is 4.79 Å². The summed E-state index contributed by atoms with van der Waals surface area (Å²) in [6.45, 7) is 3.41. The highest BCUT2D eigenvalue weighted by atomic mass is 35.5. The lowest BCUT2D eigenvalue weighted by Crippen LogP contribution is -1.81. The van der Waals surface area contributed by atoms with Gasteiger partial charge in [0.2, 0.25) is 0 Å². The molecule has 40 valence electrons. The quantitative estimate of drug-likeness (QED) is 0.311. The second-order valence-corrected chi connectivity index (χ2v) is 1.59. The van der Waals surface area contributed by atoms with E-state index in [0.29, 0.717) is 17.9 Å². The van der Waals surface area contributed by atoms with Crippen molar-refractivity contribution in [3.8, 4) is 0 Å². The number of hydrogen-bond acceptors (Lipinski definition) is 1. The second-order valence-electron chi connectivity index (χ2n) is 1.22. The van der Waals surface area contributed by atoms with Gasteiger partial charge in [0, 0.05) is 5.88 Å². The number of aldehydes is 1. The largest absolute Gasteiger partial charge is 0.298 e. The van der Waals surface area contributed by atoms with E-state index >= 15 is 0 Å². The normalized spacial score (nSPS) is 8.14. The molecule has 0 spiro atoms. The zero-order chi connectivity index (χ0) is 5.70. The average Bonchev–Trinajstić information content (AvgIpc) is 1.68. The summed E-state index contributed by atoms with van der Waals surface area (Å²) in [5.41, 5.74) is 0.565. The fourth-order valence-electron chi connectivity index (χ4n) is 0.180. The summed E-state index contributed by atoms with van der Waals surface area (Å²) in [5, 5.41) is 0. The number of allylic oxidation sites excluding steroid dienone is 1. The first-order chi connectivity index (χ1) is 3.31. The van der Waals surface area contributed by atoms with Crippen molar-refractivity contribution in [2.45, 2.75) is 6.42 Å². The molecule has 0 aliphatic carbocycles. The third-order valence-corrected chi connectivity index (χ3v) is 0.771. The van der Waals surface area contributed by atoms with Gasteiger partial charge in [-0.15, -0.1) is 11.6 Å². The van der Waals surface area contributed by atoms with Crippen molar-refractivity contribution in [1.82, 2.24) is 0 Å². The van der Waals surface area contributed by atoms with Gasteiger partial charge in [0.15, 0.2) is 0 Å². The van der Waals surface area contributed by atoms with E-state index < -0.39 is 0 Å². The van der Waals surface area contributed by atoms with Crippen molar-refractivity contribution < 1.29 is 4.79 Å². The lowest BCUT2D eigenvalue weighted by molar-refractivity contribution is -0.105. The Morgan fingerprint density at radius 1 is 1.86 bits per heavy atom. The molecule has 2 heteroatoms. The van der Waals surface area contributed by atoms with Gasteiger partial charge in [0.1, 0.15) is 6.29 Å². The number of carbonyl (C=O) groups excluding carboxylic acids is 1. The molecule has 7 heavy (non-hydrogen) atoms. The average molecular weight is 119 g/mol.